The molecule has 3 aromatic heterocycles. The molecule has 13 heteroatoms. The van der Waals surface area contributed by atoms with Crippen molar-refractivity contribution in [3.63, 3.8) is 0 Å². The molecule has 0 aliphatic rings. The third kappa shape index (κ3) is 5.23. The van der Waals surface area contributed by atoms with Gasteiger partial charge >= 0.3 is 12.2 Å². The summed E-state index contributed by atoms with van der Waals surface area (Å²) in [6.45, 7) is 4.46. The molecule has 3 N–H and O–H groups in total. The molecule has 4 aromatic rings. The minimum absolute atomic E-state index is 0.0337. The summed E-state index contributed by atoms with van der Waals surface area (Å²) < 4.78 is 41.7. The highest BCUT2D eigenvalue weighted by Gasteiger charge is 2.34. The Balaban J connectivity index is 1.93. The van der Waals surface area contributed by atoms with Crippen LogP contribution >= 0.6 is 11.3 Å². The number of fused-ring (bicyclic) bond motifs is 1. The lowest BCUT2D eigenvalue weighted by Crippen LogP contribution is -2.28. The van der Waals surface area contributed by atoms with E-state index < -0.39 is 29.2 Å². The maximum absolute atomic E-state index is 13.3. The number of nitrogens with one attached hydrogen (secondary N) is 3. The molecular weight excluding hydrogens is 521 g/mol. The van der Waals surface area contributed by atoms with Crippen molar-refractivity contribution in [2.45, 2.75) is 26.6 Å². The number of nitrogens with zero attached hydrogens (tertiary/aromatic N) is 3. The minimum Gasteiger partial charge on any atom is -0.355 e. The van der Waals surface area contributed by atoms with Gasteiger partial charge in [0, 0.05) is 54.4 Å². The number of aryl methyl sites for hydroxylation is 1. The lowest BCUT2D eigenvalue weighted by molar-refractivity contribution is -0.140. The van der Waals surface area contributed by atoms with Crippen LogP contribution in [0, 0.1) is 0 Å². The lowest BCUT2D eigenvalue weighted by Gasteiger charge is -2.14. The van der Waals surface area contributed by atoms with Crippen LogP contribution < -0.4 is 21.4 Å². The van der Waals surface area contributed by atoms with Crippen molar-refractivity contribution in [3.05, 3.63) is 63.5 Å². The zero-order valence-electron chi connectivity index (χ0n) is 20.6. The Morgan fingerprint density at radius 3 is 2.53 bits per heavy atom. The molecule has 0 spiro atoms. The minimum atomic E-state index is -4.63. The van der Waals surface area contributed by atoms with Crippen LogP contribution in [0.3, 0.4) is 0 Å². The van der Waals surface area contributed by atoms with Crippen LogP contribution in [0.5, 0.6) is 0 Å². The highest BCUT2D eigenvalue weighted by Crippen LogP contribution is 2.39. The average Bonchev–Trinajstić information content (AvgIpc) is 3.40. The van der Waals surface area contributed by atoms with Crippen LogP contribution in [0.25, 0.3) is 32.6 Å². The van der Waals surface area contributed by atoms with Crippen LogP contribution in [-0.2, 0) is 12.7 Å². The Labute approximate surface area is 218 Å². The number of carbonyl (C=O) groups is 2. The van der Waals surface area contributed by atoms with E-state index in [0.717, 1.165) is 16.7 Å². The van der Waals surface area contributed by atoms with Gasteiger partial charge in [0.25, 0.3) is 5.91 Å². The van der Waals surface area contributed by atoms with E-state index in [4.69, 9.17) is 0 Å². The molecule has 0 saturated heterocycles. The summed E-state index contributed by atoms with van der Waals surface area (Å²) in [4.78, 5) is 45.6. The maximum atomic E-state index is 13.3. The number of hydrogen-bond donors (Lipinski definition) is 3. The maximum Gasteiger partial charge on any atom is 0.434 e. The van der Waals surface area contributed by atoms with E-state index in [1.54, 1.807) is 29.7 Å². The molecular formula is C25H23F3N6O3S. The molecule has 1 aromatic carbocycles. The Kier molecular flexibility index (Phi) is 7.49. The van der Waals surface area contributed by atoms with Crippen LogP contribution in [0.1, 0.15) is 29.9 Å². The van der Waals surface area contributed by atoms with Crippen LogP contribution in [0.2, 0.25) is 0 Å². The second kappa shape index (κ2) is 10.6. The molecule has 9 nitrogen and oxygen atoms in total. The molecule has 0 aliphatic heterocycles. The van der Waals surface area contributed by atoms with Gasteiger partial charge in [-0.25, -0.2) is 14.8 Å². The summed E-state index contributed by atoms with van der Waals surface area (Å²) in [6.07, 6.45) is -1.74. The number of carbonyl (C=O) groups excluding carboxylic acids is 2. The van der Waals surface area contributed by atoms with Gasteiger partial charge in [0.2, 0.25) is 5.43 Å². The van der Waals surface area contributed by atoms with E-state index in [2.05, 4.69) is 25.9 Å². The largest absolute Gasteiger partial charge is 0.434 e. The van der Waals surface area contributed by atoms with Gasteiger partial charge in [-0.05, 0) is 37.6 Å². The van der Waals surface area contributed by atoms with Crippen molar-refractivity contribution in [3.8, 4) is 21.7 Å². The highest BCUT2D eigenvalue weighted by molar-refractivity contribution is 7.13. The van der Waals surface area contributed by atoms with Crippen molar-refractivity contribution in [2.24, 2.45) is 0 Å². The van der Waals surface area contributed by atoms with Crippen LogP contribution in [-0.4, -0.2) is 40.1 Å². The van der Waals surface area contributed by atoms with E-state index in [1.807, 2.05) is 6.92 Å². The summed E-state index contributed by atoms with van der Waals surface area (Å²) in [6, 6.07) is 5.90. The second-order valence-corrected chi connectivity index (χ2v) is 8.96. The number of anilines is 1. The quantitative estimate of drug-likeness (QED) is 0.325. The third-order valence-electron chi connectivity index (χ3n) is 5.71. The summed E-state index contributed by atoms with van der Waals surface area (Å²) in [5.74, 6) is -0.426. The van der Waals surface area contributed by atoms with Crippen molar-refractivity contribution < 1.29 is 22.8 Å². The molecule has 198 valence electrons. The molecule has 0 atom stereocenters. The standard InChI is InChI=1S/C25H23F3N6O3S/c1-4-30-24(37)33-20-9-14(23-32-19(12-38-23)25(26,27)28)16(10-31-20)13-6-7-18-15(8-13)21(35)17(22(36)29-3)11-34(18)5-2/h6-12H,4-5H2,1-3H3,(H,29,36)(H2,30,31,33,37). The first-order chi connectivity index (χ1) is 18.1. The van der Waals surface area contributed by atoms with Gasteiger partial charge in [0.1, 0.15) is 16.4 Å². The summed E-state index contributed by atoms with van der Waals surface area (Å²) in [5.41, 5.74) is 0.179. The Bertz CT molecular complexity index is 1600. The number of pyridine rings is 2. The molecule has 38 heavy (non-hydrogen) atoms. The molecule has 3 amide bonds. The van der Waals surface area contributed by atoms with Gasteiger partial charge in [0.15, 0.2) is 5.69 Å². The van der Waals surface area contributed by atoms with E-state index in [0.29, 0.717) is 29.7 Å². The number of amides is 3. The first kappa shape index (κ1) is 26.8. The monoisotopic (exact) mass is 544 g/mol. The first-order valence-corrected chi connectivity index (χ1v) is 12.4. The third-order valence-corrected chi connectivity index (χ3v) is 6.59. The van der Waals surface area contributed by atoms with Crippen molar-refractivity contribution in [1.29, 1.82) is 0 Å². The Morgan fingerprint density at radius 2 is 1.89 bits per heavy atom. The van der Waals surface area contributed by atoms with Crippen LogP contribution in [0.15, 0.2) is 46.8 Å². The molecule has 0 radical (unpaired) electrons. The number of urea groups is 1. The lowest BCUT2D eigenvalue weighted by atomic mass is 9.99. The van der Waals surface area contributed by atoms with Crippen LogP contribution in [0.4, 0.5) is 23.8 Å². The fraction of sp³-hybridized carbons (Fsp3) is 0.240. The predicted molar refractivity (Wildman–Crippen MR) is 139 cm³/mol. The molecule has 0 saturated carbocycles. The van der Waals surface area contributed by atoms with E-state index in [-0.39, 0.29) is 27.3 Å². The first-order valence-electron chi connectivity index (χ1n) is 11.5. The van der Waals surface area contributed by atoms with Gasteiger partial charge in [-0.15, -0.1) is 11.3 Å². The van der Waals surface area contributed by atoms with Crippen molar-refractivity contribution in [2.75, 3.05) is 18.9 Å². The number of benzene rings is 1. The smallest absolute Gasteiger partial charge is 0.355 e. The molecule has 0 unspecified atom stereocenters. The van der Waals surface area contributed by atoms with E-state index in [9.17, 15) is 27.6 Å². The van der Waals surface area contributed by atoms with Gasteiger partial charge < -0.3 is 15.2 Å². The SMILES string of the molecule is CCNC(=O)Nc1cc(-c2nc(C(F)(F)F)cs2)c(-c2ccc3c(c2)c(=O)c(C(=O)NC)cn3CC)cn1. The predicted octanol–water partition coefficient (Wildman–Crippen LogP) is 4.73. The van der Waals surface area contributed by atoms with Gasteiger partial charge in [-0.2, -0.15) is 13.2 Å². The van der Waals surface area contributed by atoms with Gasteiger partial charge in [-0.1, -0.05) is 6.07 Å². The van der Waals surface area contributed by atoms with Crippen molar-refractivity contribution in [1.82, 2.24) is 25.2 Å². The molecule has 3 heterocycles. The average molecular weight is 545 g/mol. The van der Waals surface area contributed by atoms with Crippen molar-refractivity contribution >= 4 is 40.0 Å². The fourth-order valence-electron chi connectivity index (χ4n) is 3.90. The summed E-state index contributed by atoms with van der Waals surface area (Å²) >= 11 is 0.792. The van der Waals surface area contributed by atoms with E-state index >= 15 is 0 Å². The second-order valence-electron chi connectivity index (χ2n) is 8.10. The zero-order valence-corrected chi connectivity index (χ0v) is 21.4. The highest BCUT2D eigenvalue weighted by atomic mass is 32.1. The zero-order chi connectivity index (χ0) is 27.6. The summed E-state index contributed by atoms with van der Waals surface area (Å²) in [7, 11) is 1.43. The number of hydrogen-bond acceptors (Lipinski definition) is 6. The number of aromatic nitrogens is 3. The molecule has 0 bridgehead atoms. The topological polar surface area (TPSA) is 118 Å². The molecule has 0 aliphatic carbocycles. The number of thiazole rings is 1. The number of rotatable bonds is 6. The Morgan fingerprint density at radius 1 is 1.13 bits per heavy atom. The summed E-state index contributed by atoms with van der Waals surface area (Å²) in [5, 5.41) is 8.79. The van der Waals surface area contributed by atoms with Gasteiger partial charge in [-0.3, -0.25) is 14.9 Å². The van der Waals surface area contributed by atoms with E-state index in [1.165, 1.54) is 25.5 Å². The molecule has 4 rings (SSSR count). The number of halogens is 3. The molecule has 0 fully saturated rings. The van der Waals surface area contributed by atoms with Gasteiger partial charge in [0.05, 0.1) is 5.52 Å². The Hall–Kier alpha value is -4.26. The fourth-order valence-corrected chi connectivity index (χ4v) is 4.76. The normalized spacial score (nSPS) is 11.4. The number of alkyl halides is 3.